The Bertz CT molecular complexity index is 963. The van der Waals surface area contributed by atoms with E-state index in [0.29, 0.717) is 34.9 Å². The van der Waals surface area contributed by atoms with Crippen molar-refractivity contribution in [2.75, 3.05) is 13.7 Å². The number of aliphatic hydroxyl groups is 1. The Morgan fingerprint density at radius 2 is 2.00 bits per heavy atom. The number of oxazole rings is 1. The Morgan fingerprint density at radius 3 is 2.75 bits per heavy atom. The Labute approximate surface area is 169 Å². The quantitative estimate of drug-likeness (QED) is 0.607. The summed E-state index contributed by atoms with van der Waals surface area (Å²) in [5.41, 5.74) is 3.30. The van der Waals surface area contributed by atoms with Crippen LogP contribution in [0.3, 0.4) is 0 Å². The summed E-state index contributed by atoms with van der Waals surface area (Å²) in [5, 5.41) is 9.87. The molecule has 0 saturated heterocycles. The smallest absolute Gasteiger partial charge is 0.199 e. The van der Waals surface area contributed by atoms with Crippen LogP contribution in [0.25, 0.3) is 11.1 Å². The van der Waals surface area contributed by atoms with Crippen LogP contribution < -0.4 is 9.47 Å². The molecule has 1 fully saturated rings. The minimum absolute atomic E-state index is 0.0336. The highest BCUT2D eigenvalue weighted by Crippen LogP contribution is 2.33. The molecule has 3 aromatic rings. The fourth-order valence-electron chi connectivity index (χ4n) is 3.78. The molecule has 1 aromatic heterocycles. The van der Waals surface area contributed by atoms with E-state index in [1.165, 1.54) is 12.8 Å². The van der Waals surface area contributed by atoms with Gasteiger partial charge in [-0.3, -0.25) is 0 Å². The van der Waals surface area contributed by atoms with E-state index in [1.807, 2.05) is 24.3 Å². The monoisotopic (exact) mass is 401 g/mol. The van der Waals surface area contributed by atoms with Crippen LogP contribution in [-0.2, 0) is 12.8 Å². The molecule has 1 heterocycles. The van der Waals surface area contributed by atoms with Crippen molar-refractivity contribution in [2.45, 2.75) is 44.6 Å². The summed E-state index contributed by atoms with van der Waals surface area (Å²) in [6.45, 7) is 0.0336. The number of methoxy groups -OCH3 is 1. The number of fused-ring (bicyclic) bond motifs is 1. The van der Waals surface area contributed by atoms with Crippen LogP contribution in [0.5, 0.6) is 11.5 Å². The Hall–Kier alpha value is -2.24. The lowest BCUT2D eigenvalue weighted by Crippen LogP contribution is -2.11. The molecule has 0 bridgehead atoms. The molecule has 1 aliphatic rings. The first kappa shape index (κ1) is 19.1. The van der Waals surface area contributed by atoms with Crippen LogP contribution >= 0.6 is 11.6 Å². The molecule has 4 rings (SSSR count). The maximum atomic E-state index is 9.28. The highest BCUT2D eigenvalue weighted by molar-refractivity contribution is 6.31. The van der Waals surface area contributed by atoms with Gasteiger partial charge in [0.1, 0.15) is 5.52 Å². The van der Waals surface area contributed by atoms with Crippen molar-refractivity contribution in [3.05, 3.63) is 52.4 Å². The number of nitrogens with zero attached hydrogens (tertiary/aromatic N) is 1. The third-order valence-electron chi connectivity index (χ3n) is 5.14. The highest BCUT2D eigenvalue weighted by Gasteiger charge is 2.19. The van der Waals surface area contributed by atoms with E-state index < -0.39 is 0 Å². The van der Waals surface area contributed by atoms with Crippen molar-refractivity contribution in [3.63, 3.8) is 0 Å². The van der Waals surface area contributed by atoms with Gasteiger partial charge in [-0.25, -0.2) is 4.98 Å². The molecule has 0 aliphatic heterocycles. The summed E-state index contributed by atoms with van der Waals surface area (Å²) in [6, 6.07) is 9.53. The lowest BCUT2D eigenvalue weighted by atomic mass is 10.1. The molecule has 5 nitrogen and oxygen atoms in total. The first-order chi connectivity index (χ1) is 13.7. The van der Waals surface area contributed by atoms with Crippen LogP contribution in [0, 0.1) is 0 Å². The van der Waals surface area contributed by atoms with Gasteiger partial charge in [0.25, 0.3) is 0 Å². The Morgan fingerprint density at radius 1 is 1.18 bits per heavy atom. The van der Waals surface area contributed by atoms with Gasteiger partial charge in [0.05, 0.1) is 13.2 Å². The van der Waals surface area contributed by atoms with Gasteiger partial charge < -0.3 is 19.0 Å². The minimum Gasteiger partial charge on any atom is -0.493 e. The summed E-state index contributed by atoms with van der Waals surface area (Å²) in [4.78, 5) is 4.58. The summed E-state index contributed by atoms with van der Waals surface area (Å²) in [5.74, 6) is 2.12. The number of ether oxygens (including phenoxy) is 2. The van der Waals surface area contributed by atoms with Gasteiger partial charge >= 0.3 is 0 Å². The molecule has 6 heteroatoms. The second-order valence-corrected chi connectivity index (χ2v) is 7.62. The average Bonchev–Trinajstić information content (AvgIpc) is 3.32. The van der Waals surface area contributed by atoms with E-state index in [4.69, 9.17) is 25.5 Å². The summed E-state index contributed by atoms with van der Waals surface area (Å²) < 4.78 is 17.6. The molecule has 28 heavy (non-hydrogen) atoms. The fourth-order valence-corrected chi connectivity index (χ4v) is 4.01. The van der Waals surface area contributed by atoms with E-state index in [-0.39, 0.29) is 12.7 Å². The van der Waals surface area contributed by atoms with Crippen LogP contribution in [-0.4, -0.2) is 29.9 Å². The lowest BCUT2D eigenvalue weighted by Gasteiger charge is -2.16. The van der Waals surface area contributed by atoms with Crippen LogP contribution in [0.2, 0.25) is 5.02 Å². The zero-order valence-electron chi connectivity index (χ0n) is 15.9. The summed E-state index contributed by atoms with van der Waals surface area (Å²) in [7, 11) is 1.66. The van der Waals surface area contributed by atoms with E-state index in [1.54, 1.807) is 13.2 Å². The SMILES string of the molecule is COc1ccc(Cc2nc3cc(Cl)cc(CCO)c3o2)cc1OC1CCCC1. The molecular formula is C22H24ClNO4. The molecule has 1 saturated carbocycles. The maximum Gasteiger partial charge on any atom is 0.199 e. The zero-order valence-corrected chi connectivity index (χ0v) is 16.7. The molecule has 1 aliphatic carbocycles. The van der Waals surface area contributed by atoms with Gasteiger partial charge in [-0.2, -0.15) is 0 Å². The summed E-state index contributed by atoms with van der Waals surface area (Å²) >= 11 is 6.17. The van der Waals surface area contributed by atoms with Crippen molar-refractivity contribution in [1.82, 2.24) is 4.98 Å². The number of rotatable bonds is 7. The number of halogens is 1. The van der Waals surface area contributed by atoms with Crippen LogP contribution in [0.15, 0.2) is 34.7 Å². The van der Waals surface area contributed by atoms with E-state index in [0.717, 1.165) is 35.5 Å². The third kappa shape index (κ3) is 4.10. The van der Waals surface area contributed by atoms with Gasteiger partial charge in [-0.15, -0.1) is 0 Å². The number of hydrogen-bond donors (Lipinski definition) is 1. The zero-order chi connectivity index (χ0) is 19.5. The van der Waals surface area contributed by atoms with Gasteiger partial charge in [0.15, 0.2) is 23.0 Å². The van der Waals surface area contributed by atoms with Gasteiger partial charge in [0, 0.05) is 23.6 Å². The number of aliphatic hydroxyl groups excluding tert-OH is 1. The minimum atomic E-state index is 0.0336. The molecule has 0 unspecified atom stereocenters. The Balaban J connectivity index is 1.60. The van der Waals surface area contributed by atoms with Crippen LogP contribution in [0.4, 0.5) is 0 Å². The lowest BCUT2D eigenvalue weighted by molar-refractivity contribution is 0.200. The van der Waals surface area contributed by atoms with Gasteiger partial charge in [-0.1, -0.05) is 17.7 Å². The third-order valence-corrected chi connectivity index (χ3v) is 5.35. The number of aromatic nitrogens is 1. The van der Waals surface area contributed by atoms with Gasteiger partial charge in [0.2, 0.25) is 0 Å². The topological polar surface area (TPSA) is 64.7 Å². The van der Waals surface area contributed by atoms with Crippen molar-refractivity contribution in [1.29, 1.82) is 0 Å². The molecule has 0 atom stereocenters. The fraction of sp³-hybridized carbons (Fsp3) is 0.409. The molecule has 1 N–H and O–H groups in total. The molecule has 0 amide bonds. The molecule has 2 aromatic carbocycles. The standard InChI is InChI=1S/C22H24ClNO4/c1-26-19-7-6-14(10-20(19)27-17-4-2-3-5-17)11-21-24-18-13-16(23)12-15(8-9-25)22(18)28-21/h6-7,10,12-13,17,25H,2-5,8-9,11H2,1H3. The second-order valence-electron chi connectivity index (χ2n) is 7.18. The van der Waals surface area contributed by atoms with Crippen LogP contribution in [0.1, 0.15) is 42.7 Å². The Kier molecular flexibility index (Phi) is 5.74. The predicted molar refractivity (Wildman–Crippen MR) is 108 cm³/mol. The van der Waals surface area contributed by atoms with E-state index >= 15 is 0 Å². The predicted octanol–water partition coefficient (Wildman–Crippen LogP) is 4.94. The van der Waals surface area contributed by atoms with Crippen molar-refractivity contribution in [3.8, 4) is 11.5 Å². The molecule has 148 valence electrons. The highest BCUT2D eigenvalue weighted by atomic mass is 35.5. The second kappa shape index (κ2) is 8.41. The van der Waals surface area contributed by atoms with Crippen molar-refractivity contribution >= 4 is 22.7 Å². The number of hydrogen-bond acceptors (Lipinski definition) is 5. The molecular weight excluding hydrogens is 378 g/mol. The summed E-state index contributed by atoms with van der Waals surface area (Å²) in [6.07, 6.45) is 5.89. The first-order valence-electron chi connectivity index (χ1n) is 9.68. The first-order valence-corrected chi connectivity index (χ1v) is 10.1. The van der Waals surface area contributed by atoms with Crippen molar-refractivity contribution in [2.24, 2.45) is 0 Å². The molecule has 0 spiro atoms. The average molecular weight is 402 g/mol. The maximum absolute atomic E-state index is 9.28. The molecule has 0 radical (unpaired) electrons. The normalized spacial score (nSPS) is 14.7. The number of benzene rings is 2. The van der Waals surface area contributed by atoms with Crippen molar-refractivity contribution < 1.29 is 19.0 Å². The van der Waals surface area contributed by atoms with E-state index in [9.17, 15) is 5.11 Å². The largest absolute Gasteiger partial charge is 0.493 e. The van der Waals surface area contributed by atoms with Gasteiger partial charge in [-0.05, 0) is 61.9 Å². The van der Waals surface area contributed by atoms with E-state index in [2.05, 4.69) is 4.98 Å².